The van der Waals surface area contributed by atoms with Crippen molar-refractivity contribution in [3.05, 3.63) is 47.7 Å². The molecule has 100 valence electrons. The Hall–Kier alpha value is -1.61. The van der Waals surface area contributed by atoms with E-state index in [1.165, 1.54) is 17.5 Å². The quantitative estimate of drug-likeness (QED) is 0.663. The third-order valence-corrected chi connectivity index (χ3v) is 4.46. The number of carbonyl (C=O) groups is 1. The summed E-state index contributed by atoms with van der Waals surface area (Å²) in [5.41, 5.74) is 2.67. The molecule has 0 radical (unpaired) electrons. The Labute approximate surface area is 114 Å². The molecule has 2 heterocycles. The van der Waals surface area contributed by atoms with E-state index >= 15 is 0 Å². The zero-order valence-corrected chi connectivity index (χ0v) is 11.3. The summed E-state index contributed by atoms with van der Waals surface area (Å²) < 4.78 is 0. The first-order valence-corrected chi connectivity index (χ1v) is 6.94. The summed E-state index contributed by atoms with van der Waals surface area (Å²) in [6.07, 6.45) is 6.80. The second-order valence-corrected chi connectivity index (χ2v) is 5.61. The van der Waals surface area contributed by atoms with Gasteiger partial charge in [-0.25, -0.2) is 0 Å². The second kappa shape index (κ2) is 4.82. The standard InChI is InChI=1S/C16H20N2O/c1-13-4-2-5-14(10-13)16-7-6-15(11-17-12-16)18(16)8-3-9-19/h2-5,8-10,15,17H,6-7,11-12H2,1H3. The highest BCUT2D eigenvalue weighted by molar-refractivity contribution is 5.64. The van der Waals surface area contributed by atoms with Gasteiger partial charge in [0.1, 0.15) is 6.29 Å². The number of benzene rings is 1. The smallest absolute Gasteiger partial charge is 0.144 e. The lowest BCUT2D eigenvalue weighted by Gasteiger charge is -2.45. The van der Waals surface area contributed by atoms with Crippen LogP contribution in [0, 0.1) is 6.92 Å². The third kappa shape index (κ3) is 1.98. The fourth-order valence-corrected chi connectivity index (χ4v) is 3.57. The minimum atomic E-state index is 0.0223. The van der Waals surface area contributed by atoms with Gasteiger partial charge >= 0.3 is 0 Å². The minimum Gasteiger partial charge on any atom is -0.362 e. The molecule has 0 amide bonds. The first-order chi connectivity index (χ1) is 9.26. The van der Waals surface area contributed by atoms with Crippen LogP contribution in [0.2, 0.25) is 0 Å². The average Bonchev–Trinajstić information content (AvgIpc) is 2.63. The molecule has 0 aliphatic carbocycles. The zero-order chi connectivity index (χ0) is 13.3. The molecule has 3 heteroatoms. The molecule has 2 fully saturated rings. The van der Waals surface area contributed by atoms with Crippen molar-refractivity contribution in [3.8, 4) is 0 Å². The van der Waals surface area contributed by atoms with Gasteiger partial charge in [0.15, 0.2) is 0 Å². The number of aryl methyl sites for hydroxylation is 1. The summed E-state index contributed by atoms with van der Waals surface area (Å²) in [5, 5.41) is 3.55. The van der Waals surface area contributed by atoms with E-state index in [9.17, 15) is 4.79 Å². The van der Waals surface area contributed by atoms with Crippen LogP contribution in [0.3, 0.4) is 0 Å². The van der Waals surface area contributed by atoms with E-state index in [1.807, 2.05) is 6.20 Å². The Morgan fingerprint density at radius 1 is 1.47 bits per heavy atom. The highest BCUT2D eigenvalue weighted by Crippen LogP contribution is 2.44. The average molecular weight is 256 g/mol. The van der Waals surface area contributed by atoms with Crippen LogP contribution < -0.4 is 5.32 Å². The molecular formula is C16H20N2O. The van der Waals surface area contributed by atoms with Gasteiger partial charge in [-0.05, 0) is 31.4 Å². The van der Waals surface area contributed by atoms with Gasteiger partial charge in [-0.2, -0.15) is 0 Å². The SMILES string of the molecule is Cc1cccc(C23CCC(CNC2)N3C=CC=O)c1. The fourth-order valence-electron chi connectivity index (χ4n) is 3.57. The van der Waals surface area contributed by atoms with Crippen LogP contribution in [-0.4, -0.2) is 30.3 Å². The van der Waals surface area contributed by atoms with E-state index in [4.69, 9.17) is 0 Å². The molecule has 1 aromatic carbocycles. The number of aldehydes is 1. The molecule has 0 aromatic heterocycles. The number of hydrogen-bond acceptors (Lipinski definition) is 3. The number of carbonyl (C=O) groups excluding carboxylic acids is 1. The molecule has 1 aromatic rings. The molecule has 2 atom stereocenters. The Balaban J connectivity index is 2.03. The molecule has 2 aliphatic heterocycles. The van der Waals surface area contributed by atoms with Gasteiger partial charge in [-0.15, -0.1) is 0 Å². The number of rotatable bonds is 3. The molecular weight excluding hydrogens is 236 g/mol. The van der Waals surface area contributed by atoms with Crippen molar-refractivity contribution in [2.45, 2.75) is 31.3 Å². The number of allylic oxidation sites excluding steroid dienone is 1. The number of piperazine rings is 1. The van der Waals surface area contributed by atoms with E-state index in [0.29, 0.717) is 6.04 Å². The maximum atomic E-state index is 10.6. The van der Waals surface area contributed by atoms with E-state index in [2.05, 4.69) is 41.4 Å². The predicted octanol–water partition coefficient (Wildman–Crippen LogP) is 1.97. The minimum absolute atomic E-state index is 0.0223. The molecule has 19 heavy (non-hydrogen) atoms. The van der Waals surface area contributed by atoms with Crippen molar-refractivity contribution >= 4 is 6.29 Å². The highest BCUT2D eigenvalue weighted by Gasteiger charge is 2.48. The Kier molecular flexibility index (Phi) is 3.15. The fraction of sp³-hybridized carbons (Fsp3) is 0.438. The lowest BCUT2D eigenvalue weighted by molar-refractivity contribution is -0.104. The van der Waals surface area contributed by atoms with Gasteiger partial charge in [0.2, 0.25) is 0 Å². The van der Waals surface area contributed by atoms with Crippen molar-refractivity contribution < 1.29 is 4.79 Å². The van der Waals surface area contributed by atoms with E-state index in [-0.39, 0.29) is 5.54 Å². The summed E-state index contributed by atoms with van der Waals surface area (Å²) in [7, 11) is 0. The first kappa shape index (κ1) is 12.4. The molecule has 0 spiro atoms. The molecule has 3 nitrogen and oxygen atoms in total. The molecule has 3 rings (SSSR count). The lowest BCUT2D eigenvalue weighted by Crippen LogP contribution is -2.56. The predicted molar refractivity (Wildman–Crippen MR) is 75.8 cm³/mol. The maximum Gasteiger partial charge on any atom is 0.144 e. The third-order valence-electron chi connectivity index (χ3n) is 4.46. The lowest BCUT2D eigenvalue weighted by atomic mass is 9.86. The van der Waals surface area contributed by atoms with Gasteiger partial charge in [0.05, 0.1) is 5.54 Å². The molecule has 2 aliphatic rings. The van der Waals surface area contributed by atoms with E-state index < -0.39 is 0 Å². The summed E-state index contributed by atoms with van der Waals surface area (Å²) >= 11 is 0. The van der Waals surface area contributed by atoms with Gasteiger partial charge in [0, 0.05) is 25.3 Å². The van der Waals surface area contributed by atoms with Crippen LogP contribution in [0.25, 0.3) is 0 Å². The highest BCUT2D eigenvalue weighted by atomic mass is 16.1. The number of nitrogens with one attached hydrogen (secondary N) is 1. The summed E-state index contributed by atoms with van der Waals surface area (Å²) in [6.45, 7) is 4.10. The summed E-state index contributed by atoms with van der Waals surface area (Å²) in [6, 6.07) is 9.25. The monoisotopic (exact) mass is 256 g/mol. The summed E-state index contributed by atoms with van der Waals surface area (Å²) in [5.74, 6) is 0. The number of fused-ring (bicyclic) bond motifs is 2. The van der Waals surface area contributed by atoms with Crippen molar-refractivity contribution in [3.63, 3.8) is 0 Å². The van der Waals surface area contributed by atoms with Crippen LogP contribution in [0.15, 0.2) is 36.5 Å². The van der Waals surface area contributed by atoms with E-state index in [0.717, 1.165) is 25.8 Å². The van der Waals surface area contributed by atoms with Gasteiger partial charge in [-0.3, -0.25) is 4.79 Å². The molecule has 0 saturated carbocycles. The van der Waals surface area contributed by atoms with Crippen molar-refractivity contribution in [2.24, 2.45) is 0 Å². The molecule has 2 bridgehead atoms. The molecule has 2 unspecified atom stereocenters. The molecule has 1 N–H and O–H groups in total. The first-order valence-electron chi connectivity index (χ1n) is 6.94. The largest absolute Gasteiger partial charge is 0.362 e. The van der Waals surface area contributed by atoms with Crippen LogP contribution in [0.4, 0.5) is 0 Å². The van der Waals surface area contributed by atoms with Gasteiger partial charge in [-0.1, -0.05) is 29.8 Å². The van der Waals surface area contributed by atoms with Crippen LogP contribution in [0.5, 0.6) is 0 Å². The van der Waals surface area contributed by atoms with Gasteiger partial charge < -0.3 is 10.2 Å². The Bertz CT molecular complexity index is 507. The van der Waals surface area contributed by atoms with Crippen LogP contribution in [-0.2, 0) is 10.3 Å². The normalized spacial score (nSPS) is 29.9. The van der Waals surface area contributed by atoms with Crippen LogP contribution in [0.1, 0.15) is 24.0 Å². The summed E-state index contributed by atoms with van der Waals surface area (Å²) in [4.78, 5) is 13.0. The Morgan fingerprint density at radius 3 is 3.16 bits per heavy atom. The van der Waals surface area contributed by atoms with Crippen molar-refractivity contribution in [1.82, 2.24) is 10.2 Å². The maximum absolute atomic E-state index is 10.6. The zero-order valence-electron chi connectivity index (χ0n) is 11.3. The van der Waals surface area contributed by atoms with E-state index in [1.54, 1.807) is 6.08 Å². The van der Waals surface area contributed by atoms with Crippen molar-refractivity contribution in [1.29, 1.82) is 0 Å². The molecule has 2 saturated heterocycles. The topological polar surface area (TPSA) is 32.3 Å². The van der Waals surface area contributed by atoms with Gasteiger partial charge in [0.25, 0.3) is 0 Å². The number of hydrogen-bond donors (Lipinski definition) is 1. The Morgan fingerprint density at radius 2 is 2.37 bits per heavy atom. The van der Waals surface area contributed by atoms with Crippen molar-refractivity contribution in [2.75, 3.05) is 13.1 Å². The van der Waals surface area contributed by atoms with Crippen LogP contribution >= 0.6 is 0 Å². The second-order valence-electron chi connectivity index (χ2n) is 5.61. The number of nitrogens with zero attached hydrogens (tertiary/aromatic N) is 1.